The van der Waals surface area contributed by atoms with Crippen LogP contribution in [0.1, 0.15) is 16.4 Å². The molecule has 0 bridgehead atoms. The molecule has 3 rings (SSSR count). The molecule has 1 heterocycles. The first-order valence-corrected chi connectivity index (χ1v) is 10.2. The quantitative estimate of drug-likeness (QED) is 0.514. The molecule has 28 heavy (non-hydrogen) atoms. The summed E-state index contributed by atoms with van der Waals surface area (Å²) >= 11 is 2.62. The number of urea groups is 1. The summed E-state index contributed by atoms with van der Waals surface area (Å²) in [5.74, 6) is -0.412. The number of anilines is 1. The van der Waals surface area contributed by atoms with Crippen molar-refractivity contribution in [2.45, 2.75) is 16.1 Å². The van der Waals surface area contributed by atoms with E-state index in [2.05, 4.69) is 26.1 Å². The van der Waals surface area contributed by atoms with Crippen LogP contribution >= 0.6 is 23.1 Å². The number of hydrogen-bond donors (Lipinski definition) is 3. The molecule has 144 valence electrons. The normalized spacial score (nSPS) is 11.5. The highest BCUT2D eigenvalue weighted by Gasteiger charge is 2.25. The van der Waals surface area contributed by atoms with Crippen LogP contribution < -0.4 is 16.0 Å². The van der Waals surface area contributed by atoms with Gasteiger partial charge in [-0.2, -0.15) is 0 Å². The summed E-state index contributed by atoms with van der Waals surface area (Å²) in [5.41, 5.74) is 1.92. The lowest BCUT2D eigenvalue weighted by Gasteiger charge is -2.14. The highest BCUT2D eigenvalue weighted by molar-refractivity contribution is 8.01. The first-order chi connectivity index (χ1) is 13.7. The van der Waals surface area contributed by atoms with Gasteiger partial charge in [0.15, 0.2) is 4.34 Å². The summed E-state index contributed by atoms with van der Waals surface area (Å²) in [6.07, 6.45) is 0. The van der Waals surface area contributed by atoms with Crippen molar-refractivity contribution < 1.29 is 9.59 Å². The second-order valence-electron chi connectivity index (χ2n) is 5.69. The monoisotopic (exact) mass is 413 g/mol. The van der Waals surface area contributed by atoms with Gasteiger partial charge in [-0.05, 0) is 11.1 Å². The largest absolute Gasteiger partial charge is 0.356 e. The Kier molecular flexibility index (Phi) is 6.99. The van der Waals surface area contributed by atoms with Crippen molar-refractivity contribution in [3.05, 3.63) is 71.8 Å². The van der Waals surface area contributed by atoms with Gasteiger partial charge in [-0.25, -0.2) is 4.79 Å². The lowest BCUT2D eigenvalue weighted by molar-refractivity contribution is -0.119. The van der Waals surface area contributed by atoms with Crippen LogP contribution in [-0.4, -0.2) is 29.2 Å². The van der Waals surface area contributed by atoms with E-state index < -0.39 is 17.2 Å². The Morgan fingerprint density at radius 3 is 2.39 bits per heavy atom. The lowest BCUT2D eigenvalue weighted by atomic mass is 10.1. The fraction of sp³-hybridized carbons (Fsp3) is 0.158. The molecule has 3 N–H and O–H groups in total. The molecule has 1 atom stereocenters. The summed E-state index contributed by atoms with van der Waals surface area (Å²) in [5, 5.41) is 16.3. The maximum Gasteiger partial charge on any atom is 0.321 e. The average molecular weight is 414 g/mol. The van der Waals surface area contributed by atoms with Crippen molar-refractivity contribution in [3.8, 4) is 0 Å². The second kappa shape index (κ2) is 9.86. The third kappa shape index (κ3) is 5.54. The van der Waals surface area contributed by atoms with E-state index in [1.54, 1.807) is 0 Å². The molecular formula is C19H19N5O2S2. The Morgan fingerprint density at radius 1 is 1.04 bits per heavy atom. The third-order valence-electron chi connectivity index (χ3n) is 3.72. The van der Waals surface area contributed by atoms with E-state index in [0.29, 0.717) is 16.0 Å². The van der Waals surface area contributed by atoms with Gasteiger partial charge in [0, 0.05) is 13.6 Å². The van der Waals surface area contributed by atoms with E-state index >= 15 is 0 Å². The minimum absolute atomic E-state index is 0.412. The van der Waals surface area contributed by atoms with Crippen LogP contribution in [0.2, 0.25) is 0 Å². The van der Waals surface area contributed by atoms with Gasteiger partial charge in [-0.1, -0.05) is 83.8 Å². The molecule has 0 saturated carbocycles. The van der Waals surface area contributed by atoms with Crippen LogP contribution in [0.4, 0.5) is 9.93 Å². The van der Waals surface area contributed by atoms with Gasteiger partial charge >= 0.3 is 6.03 Å². The SMILES string of the molecule is CNC(=O)NC(=O)[C@@H](Sc1nnc(NCc2ccccc2)s1)c1ccccc1. The number of carbonyl (C=O) groups is 2. The smallest absolute Gasteiger partial charge is 0.321 e. The standard InChI is InChI=1S/C19H19N5O2S2/c1-20-17(26)22-16(25)15(14-10-6-3-7-11-14)27-19-24-23-18(28-19)21-12-13-8-4-2-5-9-13/h2-11,15H,12H2,1H3,(H,21,23)(H2,20,22,25,26)/t15-/m0/s1. The van der Waals surface area contributed by atoms with Crippen LogP contribution in [0.5, 0.6) is 0 Å². The summed E-state index contributed by atoms with van der Waals surface area (Å²) in [7, 11) is 1.46. The van der Waals surface area contributed by atoms with Gasteiger partial charge in [0.2, 0.25) is 11.0 Å². The van der Waals surface area contributed by atoms with Gasteiger partial charge in [0.1, 0.15) is 5.25 Å². The molecule has 0 saturated heterocycles. The Labute approximate surface area is 171 Å². The van der Waals surface area contributed by atoms with Crippen molar-refractivity contribution in [1.29, 1.82) is 0 Å². The summed E-state index contributed by atoms with van der Waals surface area (Å²) in [6, 6.07) is 18.7. The topological polar surface area (TPSA) is 96.0 Å². The molecule has 9 heteroatoms. The molecule has 3 amide bonds. The van der Waals surface area contributed by atoms with Gasteiger partial charge in [-0.3, -0.25) is 10.1 Å². The van der Waals surface area contributed by atoms with Crippen LogP contribution in [0, 0.1) is 0 Å². The van der Waals surface area contributed by atoms with Gasteiger partial charge in [0.25, 0.3) is 0 Å². The third-order valence-corrected chi connectivity index (χ3v) is 5.94. The van der Waals surface area contributed by atoms with Crippen molar-refractivity contribution in [2.24, 2.45) is 0 Å². The Balaban J connectivity index is 1.69. The summed E-state index contributed by atoms with van der Waals surface area (Å²) in [4.78, 5) is 24.1. The van der Waals surface area contributed by atoms with Gasteiger partial charge < -0.3 is 10.6 Å². The van der Waals surface area contributed by atoms with E-state index in [1.807, 2.05) is 60.7 Å². The maximum absolute atomic E-state index is 12.6. The molecule has 7 nitrogen and oxygen atoms in total. The maximum atomic E-state index is 12.6. The second-order valence-corrected chi connectivity index (χ2v) is 8.02. The van der Waals surface area contributed by atoms with Crippen LogP contribution in [0.25, 0.3) is 0 Å². The van der Waals surface area contributed by atoms with E-state index in [-0.39, 0.29) is 0 Å². The van der Waals surface area contributed by atoms with Crippen molar-refractivity contribution in [3.63, 3.8) is 0 Å². The fourth-order valence-corrected chi connectivity index (χ4v) is 4.28. The molecule has 0 fully saturated rings. The van der Waals surface area contributed by atoms with Crippen LogP contribution in [0.3, 0.4) is 0 Å². The van der Waals surface area contributed by atoms with Crippen molar-refractivity contribution in [1.82, 2.24) is 20.8 Å². The molecule has 0 spiro atoms. The summed E-state index contributed by atoms with van der Waals surface area (Å²) in [6.45, 7) is 0.638. The van der Waals surface area contributed by atoms with E-state index in [9.17, 15) is 9.59 Å². The van der Waals surface area contributed by atoms with E-state index in [0.717, 1.165) is 11.1 Å². The fourth-order valence-electron chi connectivity index (χ4n) is 2.34. The Hall–Kier alpha value is -2.91. The molecule has 3 aromatic rings. The highest BCUT2D eigenvalue weighted by atomic mass is 32.2. The zero-order chi connectivity index (χ0) is 19.8. The van der Waals surface area contributed by atoms with Crippen molar-refractivity contribution >= 4 is 40.2 Å². The number of rotatable bonds is 7. The number of imide groups is 1. The summed E-state index contributed by atoms with van der Waals surface area (Å²) < 4.78 is 0.636. The Bertz CT molecular complexity index is 918. The first-order valence-electron chi connectivity index (χ1n) is 8.51. The number of amides is 3. The van der Waals surface area contributed by atoms with Gasteiger partial charge in [-0.15, -0.1) is 10.2 Å². The average Bonchev–Trinajstić information content (AvgIpc) is 3.19. The van der Waals surface area contributed by atoms with Crippen LogP contribution in [-0.2, 0) is 11.3 Å². The van der Waals surface area contributed by atoms with E-state index in [1.165, 1.54) is 30.1 Å². The predicted octanol–water partition coefficient (Wildman–Crippen LogP) is 3.44. The molecule has 0 unspecified atom stereocenters. The molecule has 0 aliphatic rings. The predicted molar refractivity (Wildman–Crippen MR) is 111 cm³/mol. The number of nitrogens with one attached hydrogen (secondary N) is 3. The minimum Gasteiger partial charge on any atom is -0.356 e. The molecule has 1 aromatic heterocycles. The van der Waals surface area contributed by atoms with Crippen molar-refractivity contribution in [2.75, 3.05) is 12.4 Å². The lowest BCUT2D eigenvalue weighted by Crippen LogP contribution is -2.39. The number of hydrogen-bond acceptors (Lipinski definition) is 7. The zero-order valence-electron chi connectivity index (χ0n) is 15.1. The highest BCUT2D eigenvalue weighted by Crippen LogP contribution is 2.38. The number of aromatic nitrogens is 2. The number of thioether (sulfide) groups is 1. The molecule has 2 aromatic carbocycles. The van der Waals surface area contributed by atoms with Gasteiger partial charge in [0.05, 0.1) is 0 Å². The zero-order valence-corrected chi connectivity index (χ0v) is 16.7. The number of nitrogens with zero attached hydrogens (tertiary/aromatic N) is 2. The number of benzene rings is 2. The first kappa shape index (κ1) is 19.8. The molecule has 0 aliphatic heterocycles. The minimum atomic E-state index is -0.617. The molecule has 0 aliphatic carbocycles. The Morgan fingerprint density at radius 2 is 1.71 bits per heavy atom. The molecule has 0 radical (unpaired) electrons. The van der Waals surface area contributed by atoms with Crippen LogP contribution in [0.15, 0.2) is 65.0 Å². The number of carbonyl (C=O) groups excluding carboxylic acids is 2. The molecular weight excluding hydrogens is 394 g/mol. The van der Waals surface area contributed by atoms with E-state index in [4.69, 9.17) is 0 Å².